The van der Waals surface area contributed by atoms with Crippen molar-refractivity contribution in [1.29, 1.82) is 0 Å². The molecular weight excluding hydrogens is 264 g/mol. The Labute approximate surface area is 114 Å². The smallest absolute Gasteiger partial charge is 0.273 e. The maximum Gasteiger partial charge on any atom is 0.273 e. The van der Waals surface area contributed by atoms with Crippen molar-refractivity contribution in [3.63, 3.8) is 0 Å². The Kier molecular flexibility index (Phi) is 3.35. The minimum Gasteiger partial charge on any atom is -0.383 e. The quantitative estimate of drug-likeness (QED) is 0.867. The van der Waals surface area contributed by atoms with Crippen LogP contribution in [0.2, 0.25) is 0 Å². The van der Waals surface area contributed by atoms with Gasteiger partial charge in [0.2, 0.25) is 0 Å². The molecule has 1 aliphatic rings. The normalized spacial score (nSPS) is 12.9. The summed E-state index contributed by atoms with van der Waals surface area (Å²) < 4.78 is 10.3. The first-order valence-electron chi connectivity index (χ1n) is 6.13. The van der Waals surface area contributed by atoms with Crippen LogP contribution in [-0.4, -0.2) is 31.3 Å². The number of aromatic nitrogens is 1. The van der Waals surface area contributed by atoms with E-state index >= 15 is 0 Å². The van der Waals surface area contributed by atoms with Gasteiger partial charge in [0.15, 0.2) is 11.5 Å². The lowest BCUT2D eigenvalue weighted by Crippen LogP contribution is -2.28. The van der Waals surface area contributed by atoms with E-state index in [1.165, 1.54) is 4.88 Å². The van der Waals surface area contributed by atoms with Gasteiger partial charge in [-0.2, -0.15) is 0 Å². The average molecular weight is 278 g/mol. The second-order valence-corrected chi connectivity index (χ2v) is 5.35. The molecule has 19 heavy (non-hydrogen) atoms. The van der Waals surface area contributed by atoms with Crippen molar-refractivity contribution < 1.29 is 14.1 Å². The molecule has 1 aliphatic carbocycles. The number of nitrogens with one attached hydrogen (secondary N) is 1. The number of carbonyl (C=O) groups is 1. The van der Waals surface area contributed by atoms with Gasteiger partial charge in [0, 0.05) is 29.7 Å². The highest BCUT2D eigenvalue weighted by Crippen LogP contribution is 2.37. The van der Waals surface area contributed by atoms with Gasteiger partial charge >= 0.3 is 0 Å². The van der Waals surface area contributed by atoms with Gasteiger partial charge in [-0.3, -0.25) is 4.79 Å². The Morgan fingerprint density at radius 3 is 3.32 bits per heavy atom. The summed E-state index contributed by atoms with van der Waals surface area (Å²) in [6, 6.07) is 2.02. The highest BCUT2D eigenvalue weighted by Gasteiger charge is 2.27. The van der Waals surface area contributed by atoms with E-state index in [-0.39, 0.29) is 5.91 Å². The first-order chi connectivity index (χ1) is 9.31. The molecule has 0 atom stereocenters. The summed E-state index contributed by atoms with van der Waals surface area (Å²) >= 11 is 1.72. The van der Waals surface area contributed by atoms with Gasteiger partial charge in [0.05, 0.1) is 6.61 Å². The first kappa shape index (κ1) is 12.4. The van der Waals surface area contributed by atoms with E-state index in [4.69, 9.17) is 9.26 Å². The van der Waals surface area contributed by atoms with E-state index in [1.807, 2.05) is 11.4 Å². The third kappa shape index (κ3) is 2.17. The van der Waals surface area contributed by atoms with E-state index in [9.17, 15) is 4.79 Å². The van der Waals surface area contributed by atoms with Gasteiger partial charge in [-0.05, 0) is 24.3 Å². The molecule has 0 spiro atoms. The maximum absolute atomic E-state index is 12.0. The number of carbonyl (C=O) groups excluding carboxylic acids is 1. The van der Waals surface area contributed by atoms with Crippen LogP contribution in [0.25, 0.3) is 11.3 Å². The Bertz CT molecular complexity index is 603. The van der Waals surface area contributed by atoms with Crippen molar-refractivity contribution in [2.45, 2.75) is 12.8 Å². The lowest BCUT2D eigenvalue weighted by atomic mass is 9.95. The Morgan fingerprint density at radius 1 is 1.58 bits per heavy atom. The summed E-state index contributed by atoms with van der Waals surface area (Å²) in [6.07, 6.45) is 1.75. The topological polar surface area (TPSA) is 64.4 Å². The molecular formula is C13H14N2O3S. The Morgan fingerprint density at radius 2 is 2.47 bits per heavy atom. The highest BCUT2D eigenvalue weighted by molar-refractivity contribution is 7.10. The van der Waals surface area contributed by atoms with Crippen molar-refractivity contribution >= 4 is 17.2 Å². The molecule has 0 aromatic carbocycles. The molecule has 0 fully saturated rings. The number of nitrogens with zero attached hydrogens (tertiary/aromatic N) is 1. The Balaban J connectivity index is 1.85. The lowest BCUT2D eigenvalue weighted by molar-refractivity contribution is 0.0927. The van der Waals surface area contributed by atoms with Crippen molar-refractivity contribution in [2.75, 3.05) is 20.3 Å². The standard InChI is InChI=1S/C13H14N2O3S/c1-17-6-5-14-13(16)11-9-2-3-10-8(4-7-19-10)12(9)18-15-11/h4,7H,2-3,5-6H2,1H3,(H,14,16). The monoisotopic (exact) mass is 278 g/mol. The summed E-state index contributed by atoms with van der Waals surface area (Å²) in [7, 11) is 1.60. The van der Waals surface area contributed by atoms with Crippen molar-refractivity contribution in [1.82, 2.24) is 10.5 Å². The first-order valence-corrected chi connectivity index (χ1v) is 7.01. The van der Waals surface area contributed by atoms with E-state index in [1.54, 1.807) is 18.4 Å². The molecule has 0 aliphatic heterocycles. The number of amides is 1. The zero-order valence-electron chi connectivity index (χ0n) is 10.6. The largest absolute Gasteiger partial charge is 0.383 e. The third-order valence-electron chi connectivity index (χ3n) is 3.19. The minimum atomic E-state index is -0.194. The molecule has 5 nitrogen and oxygen atoms in total. The van der Waals surface area contributed by atoms with Crippen molar-refractivity contribution in [2.24, 2.45) is 0 Å². The summed E-state index contributed by atoms with van der Waals surface area (Å²) in [5.41, 5.74) is 2.40. The fourth-order valence-corrected chi connectivity index (χ4v) is 3.13. The van der Waals surface area contributed by atoms with Crippen LogP contribution in [0.3, 0.4) is 0 Å². The predicted molar refractivity (Wildman–Crippen MR) is 71.4 cm³/mol. The van der Waals surface area contributed by atoms with Gasteiger partial charge in [-0.15, -0.1) is 11.3 Å². The fraction of sp³-hybridized carbons (Fsp3) is 0.385. The van der Waals surface area contributed by atoms with Gasteiger partial charge in [0.1, 0.15) is 0 Å². The molecule has 0 unspecified atom stereocenters. The molecule has 2 aromatic heterocycles. The summed E-state index contributed by atoms with van der Waals surface area (Å²) in [5, 5.41) is 8.74. The molecule has 0 saturated carbocycles. The zero-order chi connectivity index (χ0) is 13.2. The number of hydrogen-bond donors (Lipinski definition) is 1. The molecule has 1 amide bonds. The molecule has 6 heteroatoms. The Hall–Kier alpha value is -1.66. The summed E-state index contributed by atoms with van der Waals surface area (Å²) in [5.74, 6) is 0.556. The number of rotatable bonds is 4. The van der Waals surface area contributed by atoms with E-state index in [2.05, 4.69) is 10.5 Å². The molecule has 3 rings (SSSR count). The highest BCUT2D eigenvalue weighted by atomic mass is 32.1. The average Bonchev–Trinajstić information content (AvgIpc) is 3.04. The van der Waals surface area contributed by atoms with Gasteiger partial charge in [0.25, 0.3) is 5.91 Å². The number of thiophene rings is 1. The fourth-order valence-electron chi connectivity index (χ4n) is 2.26. The maximum atomic E-state index is 12.0. The van der Waals surface area contributed by atoms with Crippen LogP contribution in [0.1, 0.15) is 20.9 Å². The SMILES string of the molecule is COCCNC(=O)c1noc2c1CCc1sccc1-2. The number of fused-ring (bicyclic) bond motifs is 3. The minimum absolute atomic E-state index is 0.194. The molecule has 0 bridgehead atoms. The van der Waals surface area contributed by atoms with Crippen LogP contribution >= 0.6 is 11.3 Å². The number of hydrogen-bond acceptors (Lipinski definition) is 5. The number of methoxy groups -OCH3 is 1. The van der Waals surface area contributed by atoms with E-state index in [0.29, 0.717) is 18.8 Å². The second-order valence-electron chi connectivity index (χ2n) is 4.35. The van der Waals surface area contributed by atoms with E-state index in [0.717, 1.165) is 29.7 Å². The molecule has 100 valence electrons. The lowest BCUT2D eigenvalue weighted by Gasteiger charge is -2.10. The van der Waals surface area contributed by atoms with Crippen molar-refractivity contribution in [3.05, 3.63) is 27.6 Å². The van der Waals surface area contributed by atoms with Crippen LogP contribution in [0.15, 0.2) is 16.0 Å². The third-order valence-corrected chi connectivity index (χ3v) is 4.17. The van der Waals surface area contributed by atoms with E-state index < -0.39 is 0 Å². The second kappa shape index (κ2) is 5.14. The van der Waals surface area contributed by atoms with Crippen LogP contribution in [0.5, 0.6) is 0 Å². The summed E-state index contributed by atoms with van der Waals surface area (Å²) in [6.45, 7) is 0.959. The molecule has 0 saturated heterocycles. The van der Waals surface area contributed by atoms with Crippen LogP contribution in [-0.2, 0) is 17.6 Å². The molecule has 0 radical (unpaired) electrons. The summed E-state index contributed by atoms with van der Waals surface area (Å²) in [4.78, 5) is 13.3. The number of aryl methyl sites for hydroxylation is 1. The molecule has 1 N–H and O–H groups in total. The van der Waals surface area contributed by atoms with Gasteiger partial charge in [-0.1, -0.05) is 5.16 Å². The molecule has 2 heterocycles. The zero-order valence-corrected chi connectivity index (χ0v) is 11.4. The number of ether oxygens (including phenoxy) is 1. The van der Waals surface area contributed by atoms with Crippen molar-refractivity contribution in [3.8, 4) is 11.3 Å². The van der Waals surface area contributed by atoms with Gasteiger partial charge in [-0.25, -0.2) is 0 Å². The predicted octanol–water partition coefficient (Wildman–Crippen LogP) is 1.88. The van der Waals surface area contributed by atoms with Crippen LogP contribution < -0.4 is 5.32 Å². The van der Waals surface area contributed by atoms with Gasteiger partial charge < -0.3 is 14.6 Å². The van der Waals surface area contributed by atoms with Crippen LogP contribution in [0.4, 0.5) is 0 Å². The van der Waals surface area contributed by atoms with Crippen LogP contribution in [0, 0.1) is 0 Å². The molecule has 2 aromatic rings.